The first-order chi connectivity index (χ1) is 18.5. The van der Waals surface area contributed by atoms with Crippen molar-refractivity contribution in [3.8, 4) is 22.9 Å². The summed E-state index contributed by atoms with van der Waals surface area (Å²) in [4.78, 5) is 31.1. The summed E-state index contributed by atoms with van der Waals surface area (Å²) in [6.45, 7) is 3.24. The maximum atomic E-state index is 13.6. The van der Waals surface area contributed by atoms with Crippen LogP contribution in [0.3, 0.4) is 0 Å². The summed E-state index contributed by atoms with van der Waals surface area (Å²) in [7, 11) is 0. The second kappa shape index (κ2) is 8.41. The van der Waals surface area contributed by atoms with Crippen LogP contribution >= 0.6 is 0 Å². The summed E-state index contributed by atoms with van der Waals surface area (Å²) in [5.41, 5.74) is 3.51. The van der Waals surface area contributed by atoms with Gasteiger partial charge in [0.1, 0.15) is 6.61 Å². The molecule has 4 aromatic rings. The fraction of sp³-hybridized carbons (Fsp3) is 0.276. The highest BCUT2D eigenvalue weighted by molar-refractivity contribution is 5.91. The molecule has 38 heavy (non-hydrogen) atoms. The number of nitrogens with one attached hydrogen (secondary N) is 1. The average Bonchev–Trinajstić information content (AvgIpc) is 3.54. The van der Waals surface area contributed by atoms with Crippen molar-refractivity contribution in [2.24, 2.45) is 0 Å². The van der Waals surface area contributed by atoms with Gasteiger partial charge in [-0.15, -0.1) is 0 Å². The maximum Gasteiger partial charge on any atom is 0.343 e. The van der Waals surface area contributed by atoms with Crippen LogP contribution in [-0.2, 0) is 41.4 Å². The molecule has 0 saturated heterocycles. The van der Waals surface area contributed by atoms with E-state index in [1.54, 1.807) is 17.6 Å². The summed E-state index contributed by atoms with van der Waals surface area (Å²) < 4.78 is 18.1. The lowest BCUT2D eigenvalue weighted by Crippen LogP contribution is -2.44. The van der Waals surface area contributed by atoms with Crippen molar-refractivity contribution < 1.29 is 24.1 Å². The number of carbonyl (C=O) groups excluding carboxylic acids is 1. The fourth-order valence-corrected chi connectivity index (χ4v) is 5.68. The molecule has 3 aliphatic rings. The second-order valence-electron chi connectivity index (χ2n) is 9.83. The minimum absolute atomic E-state index is 0.0951. The van der Waals surface area contributed by atoms with Crippen molar-refractivity contribution in [2.75, 3.05) is 6.79 Å². The van der Waals surface area contributed by atoms with Crippen LogP contribution in [0, 0.1) is 0 Å². The van der Waals surface area contributed by atoms with Gasteiger partial charge in [-0.05, 0) is 29.7 Å². The molecule has 0 bridgehead atoms. The highest BCUT2D eigenvalue weighted by Gasteiger charge is 2.45. The molecule has 9 heteroatoms. The van der Waals surface area contributed by atoms with E-state index in [1.807, 2.05) is 30.3 Å². The van der Waals surface area contributed by atoms with Gasteiger partial charge >= 0.3 is 5.97 Å². The molecule has 2 aromatic carbocycles. The molecule has 0 amide bonds. The third-order valence-electron chi connectivity index (χ3n) is 7.77. The van der Waals surface area contributed by atoms with Crippen molar-refractivity contribution >= 4 is 16.9 Å². The van der Waals surface area contributed by atoms with Crippen molar-refractivity contribution in [3.63, 3.8) is 0 Å². The number of carbonyl (C=O) groups is 1. The quantitative estimate of drug-likeness (QED) is 0.346. The van der Waals surface area contributed by atoms with Gasteiger partial charge in [0.15, 0.2) is 17.1 Å². The molecular weight excluding hydrogens is 486 g/mol. The second-order valence-corrected chi connectivity index (χ2v) is 9.83. The van der Waals surface area contributed by atoms with Crippen molar-refractivity contribution in [1.82, 2.24) is 14.9 Å². The smallest absolute Gasteiger partial charge is 0.343 e. The van der Waals surface area contributed by atoms with Gasteiger partial charge in [0, 0.05) is 35.7 Å². The van der Waals surface area contributed by atoms with Crippen molar-refractivity contribution in [3.05, 3.63) is 86.7 Å². The standard InChI is InChI=1S/C29H25N3O6/c1-2-29(35)21-9-23-26-19(13-32(23)27(33)20(21)14-36-28(29)34)18(12-30-11-16-6-4-3-5-7-16)17-8-24-25(38-15-37-24)10-22(17)31-26/h3-10,30,35H,2,11-15H2,1H3/t29-/m0/s1. The Labute approximate surface area is 217 Å². The number of ether oxygens (including phenoxy) is 3. The van der Waals surface area contributed by atoms with Crippen LogP contribution in [0.1, 0.15) is 41.2 Å². The number of nitrogens with zero attached hydrogens (tertiary/aromatic N) is 2. The Hall–Kier alpha value is -4.21. The third-order valence-corrected chi connectivity index (χ3v) is 7.77. The molecule has 9 nitrogen and oxygen atoms in total. The number of benzene rings is 2. The normalized spacial score (nSPS) is 18.7. The van der Waals surface area contributed by atoms with Crippen LogP contribution in [0.15, 0.2) is 53.3 Å². The van der Waals surface area contributed by atoms with Gasteiger partial charge < -0.3 is 29.2 Å². The van der Waals surface area contributed by atoms with Gasteiger partial charge in [0.05, 0.1) is 29.0 Å². The Morgan fingerprint density at radius 3 is 2.61 bits per heavy atom. The molecule has 0 spiro atoms. The number of aromatic nitrogens is 2. The topological polar surface area (TPSA) is 112 Å². The molecule has 5 heterocycles. The number of fused-ring (bicyclic) bond motifs is 6. The van der Waals surface area contributed by atoms with E-state index >= 15 is 0 Å². The van der Waals surface area contributed by atoms with Gasteiger partial charge in [-0.25, -0.2) is 9.78 Å². The molecule has 0 fully saturated rings. The zero-order chi connectivity index (χ0) is 26.0. The lowest BCUT2D eigenvalue weighted by molar-refractivity contribution is -0.172. The molecule has 0 unspecified atom stereocenters. The Morgan fingerprint density at radius 1 is 1.03 bits per heavy atom. The van der Waals surface area contributed by atoms with E-state index in [2.05, 4.69) is 17.4 Å². The number of rotatable bonds is 5. The molecule has 0 aliphatic carbocycles. The number of hydrogen-bond acceptors (Lipinski definition) is 8. The molecule has 2 aromatic heterocycles. The average molecular weight is 512 g/mol. The molecule has 0 radical (unpaired) electrons. The first-order valence-corrected chi connectivity index (χ1v) is 12.6. The van der Waals surface area contributed by atoms with Crippen LogP contribution in [0.25, 0.3) is 22.3 Å². The van der Waals surface area contributed by atoms with E-state index in [-0.39, 0.29) is 25.4 Å². The van der Waals surface area contributed by atoms with Crippen LogP contribution in [0.4, 0.5) is 0 Å². The van der Waals surface area contributed by atoms with Crippen LogP contribution in [0.2, 0.25) is 0 Å². The van der Waals surface area contributed by atoms with E-state index < -0.39 is 11.6 Å². The zero-order valence-electron chi connectivity index (χ0n) is 20.7. The number of cyclic esters (lactones) is 1. The lowest BCUT2D eigenvalue weighted by atomic mass is 9.86. The summed E-state index contributed by atoms with van der Waals surface area (Å²) in [6.07, 6.45) is 0.0951. The van der Waals surface area contributed by atoms with Gasteiger partial charge in [0.2, 0.25) is 6.79 Å². The summed E-state index contributed by atoms with van der Waals surface area (Å²) in [5.74, 6) is 0.549. The number of hydrogen-bond donors (Lipinski definition) is 2. The molecule has 2 N–H and O–H groups in total. The Bertz CT molecular complexity index is 1700. The molecule has 3 aliphatic heterocycles. The summed E-state index contributed by atoms with van der Waals surface area (Å²) >= 11 is 0. The fourth-order valence-electron chi connectivity index (χ4n) is 5.68. The number of aliphatic hydroxyl groups is 1. The SMILES string of the molecule is CC[C@@]1(O)C(=O)OCc2c1cc1n(c2=O)Cc2c-1nc1cc3c(cc1c2CNCc1ccccc1)OCO3. The van der Waals surface area contributed by atoms with E-state index in [1.165, 1.54) is 0 Å². The molecule has 7 rings (SSSR count). The highest BCUT2D eigenvalue weighted by atomic mass is 16.7. The maximum absolute atomic E-state index is 13.6. The Kier molecular flexibility index (Phi) is 5.08. The number of esters is 1. The highest BCUT2D eigenvalue weighted by Crippen LogP contribution is 2.43. The monoisotopic (exact) mass is 511 g/mol. The predicted molar refractivity (Wildman–Crippen MR) is 138 cm³/mol. The lowest BCUT2D eigenvalue weighted by Gasteiger charge is -2.31. The Morgan fingerprint density at radius 2 is 1.82 bits per heavy atom. The van der Waals surface area contributed by atoms with Crippen LogP contribution in [0.5, 0.6) is 11.5 Å². The minimum Gasteiger partial charge on any atom is -0.458 e. The van der Waals surface area contributed by atoms with Crippen molar-refractivity contribution in [1.29, 1.82) is 0 Å². The van der Waals surface area contributed by atoms with Gasteiger partial charge in [-0.1, -0.05) is 37.3 Å². The molecular formula is C29H25N3O6. The van der Waals surface area contributed by atoms with Crippen LogP contribution < -0.4 is 20.3 Å². The van der Waals surface area contributed by atoms with Gasteiger partial charge in [-0.3, -0.25) is 4.79 Å². The van der Waals surface area contributed by atoms with Gasteiger partial charge in [0.25, 0.3) is 5.56 Å². The Balaban J connectivity index is 1.40. The van der Waals surface area contributed by atoms with Crippen molar-refractivity contribution in [2.45, 2.75) is 45.2 Å². The predicted octanol–water partition coefficient (Wildman–Crippen LogP) is 3.10. The molecule has 0 saturated carbocycles. The first kappa shape index (κ1) is 22.9. The van der Waals surface area contributed by atoms with E-state index in [0.29, 0.717) is 59.2 Å². The van der Waals surface area contributed by atoms with Gasteiger partial charge in [-0.2, -0.15) is 0 Å². The number of pyridine rings is 2. The summed E-state index contributed by atoms with van der Waals surface area (Å²) in [5, 5.41) is 15.6. The van der Waals surface area contributed by atoms with Crippen LogP contribution in [-0.4, -0.2) is 27.4 Å². The third kappa shape index (κ3) is 3.28. The molecule has 1 atom stereocenters. The van der Waals surface area contributed by atoms with E-state index in [0.717, 1.165) is 22.1 Å². The zero-order valence-corrected chi connectivity index (χ0v) is 20.7. The minimum atomic E-state index is -1.87. The van der Waals surface area contributed by atoms with E-state index in [4.69, 9.17) is 19.2 Å². The van der Waals surface area contributed by atoms with E-state index in [9.17, 15) is 14.7 Å². The largest absolute Gasteiger partial charge is 0.458 e. The summed E-state index contributed by atoms with van der Waals surface area (Å²) in [6, 6.07) is 15.7. The molecule has 192 valence electrons. The first-order valence-electron chi connectivity index (χ1n) is 12.6.